The molecule has 1 rings (SSSR count). The second-order valence-corrected chi connectivity index (χ2v) is 3.49. The Hall–Kier alpha value is -1.26. The molecule has 0 fully saturated rings. The Bertz CT molecular complexity index is 368. The van der Waals surface area contributed by atoms with Crippen LogP contribution in [0.25, 0.3) is 0 Å². The summed E-state index contributed by atoms with van der Waals surface area (Å²) in [5, 5.41) is 0.587. The normalized spacial score (nSPS) is 9.94. The van der Waals surface area contributed by atoms with Crippen LogP contribution in [-0.4, -0.2) is 19.2 Å². The molecule has 16 heavy (non-hydrogen) atoms. The summed E-state index contributed by atoms with van der Waals surface area (Å²) in [6.07, 6.45) is 0. The average Bonchev–Trinajstić information content (AvgIpc) is 2.27. The predicted octanol–water partition coefficient (Wildman–Crippen LogP) is 1.74. The van der Waals surface area contributed by atoms with Crippen molar-refractivity contribution in [1.82, 2.24) is 0 Å². The molecule has 1 aromatic rings. The van der Waals surface area contributed by atoms with Crippen molar-refractivity contribution < 1.29 is 14.3 Å². The summed E-state index contributed by atoms with van der Waals surface area (Å²) >= 11 is 5.81. The molecule has 0 bridgehead atoms. The monoisotopic (exact) mass is 243 g/mol. The molecule has 0 aromatic heterocycles. The topological polar surface area (TPSA) is 61.5 Å². The lowest BCUT2D eigenvalue weighted by Gasteiger charge is -2.09. The van der Waals surface area contributed by atoms with Gasteiger partial charge in [-0.3, -0.25) is 0 Å². The van der Waals surface area contributed by atoms with Crippen LogP contribution >= 0.6 is 11.6 Å². The van der Waals surface area contributed by atoms with Crippen LogP contribution < -0.4 is 10.5 Å². The second kappa shape index (κ2) is 6.35. The second-order valence-electron chi connectivity index (χ2n) is 3.05. The van der Waals surface area contributed by atoms with Gasteiger partial charge in [0.2, 0.25) is 0 Å². The van der Waals surface area contributed by atoms with E-state index in [9.17, 15) is 4.79 Å². The smallest absolute Gasteiger partial charge is 0.344 e. The lowest BCUT2D eigenvalue weighted by molar-refractivity contribution is -0.145. The van der Waals surface area contributed by atoms with Crippen LogP contribution in [0, 0.1) is 0 Å². The lowest BCUT2D eigenvalue weighted by atomic mass is 10.2. The lowest BCUT2D eigenvalue weighted by Crippen LogP contribution is -2.15. The van der Waals surface area contributed by atoms with Crippen LogP contribution in [0.3, 0.4) is 0 Å². The molecule has 88 valence electrons. The molecule has 2 N–H and O–H groups in total. The largest absolute Gasteiger partial charge is 0.482 e. The van der Waals surface area contributed by atoms with Crippen molar-refractivity contribution in [3.63, 3.8) is 0 Å². The van der Waals surface area contributed by atoms with Gasteiger partial charge < -0.3 is 15.2 Å². The number of carbonyl (C=O) groups excluding carboxylic acids is 1. The van der Waals surface area contributed by atoms with E-state index in [1.165, 1.54) is 0 Å². The van der Waals surface area contributed by atoms with Crippen molar-refractivity contribution >= 4 is 17.6 Å². The molecule has 0 aliphatic carbocycles. The first-order chi connectivity index (χ1) is 7.67. The number of nitrogens with two attached hydrogens (primary N) is 1. The molecule has 4 nitrogen and oxygen atoms in total. The van der Waals surface area contributed by atoms with Gasteiger partial charge in [-0.2, -0.15) is 0 Å². The minimum absolute atomic E-state index is 0.123. The Kier molecular flexibility index (Phi) is 5.08. The predicted molar refractivity (Wildman–Crippen MR) is 61.5 cm³/mol. The molecular weight excluding hydrogens is 230 g/mol. The summed E-state index contributed by atoms with van der Waals surface area (Å²) in [6.45, 7) is 2.26. The molecule has 0 atom stereocenters. The molecule has 0 aliphatic rings. The van der Waals surface area contributed by atoms with E-state index < -0.39 is 5.97 Å². The van der Waals surface area contributed by atoms with E-state index in [2.05, 4.69) is 0 Å². The first kappa shape index (κ1) is 12.8. The fraction of sp³-hybridized carbons (Fsp3) is 0.364. The number of hydrogen-bond donors (Lipinski definition) is 1. The van der Waals surface area contributed by atoms with E-state index in [1.54, 1.807) is 25.1 Å². The van der Waals surface area contributed by atoms with Crippen LogP contribution in [0.1, 0.15) is 12.5 Å². The molecule has 0 aliphatic heterocycles. The van der Waals surface area contributed by atoms with Crippen LogP contribution in [-0.2, 0) is 16.1 Å². The van der Waals surface area contributed by atoms with Crippen molar-refractivity contribution in [3.05, 3.63) is 28.8 Å². The molecule has 0 heterocycles. The Balaban J connectivity index is 2.63. The zero-order valence-corrected chi connectivity index (χ0v) is 9.79. The maximum Gasteiger partial charge on any atom is 0.344 e. The molecule has 0 unspecified atom stereocenters. The highest BCUT2D eigenvalue weighted by Gasteiger charge is 2.07. The molecule has 0 radical (unpaired) electrons. The van der Waals surface area contributed by atoms with Crippen LogP contribution in [0.4, 0.5) is 0 Å². The fourth-order valence-corrected chi connectivity index (χ4v) is 1.38. The SMILES string of the molecule is CCOC(=O)COc1ccc(Cl)cc1CN. The summed E-state index contributed by atoms with van der Waals surface area (Å²) in [5.74, 6) is 0.153. The third-order valence-corrected chi connectivity index (χ3v) is 2.13. The highest BCUT2D eigenvalue weighted by molar-refractivity contribution is 6.30. The van der Waals surface area contributed by atoms with Gasteiger partial charge in [0.25, 0.3) is 0 Å². The number of hydrogen-bond acceptors (Lipinski definition) is 4. The highest BCUT2D eigenvalue weighted by Crippen LogP contribution is 2.22. The summed E-state index contributed by atoms with van der Waals surface area (Å²) in [7, 11) is 0. The van der Waals surface area contributed by atoms with Crippen LogP contribution in [0.15, 0.2) is 18.2 Å². The number of carbonyl (C=O) groups is 1. The van der Waals surface area contributed by atoms with Gasteiger partial charge in [-0.15, -0.1) is 0 Å². The first-order valence-electron chi connectivity index (χ1n) is 4.94. The molecule has 0 amide bonds. The van der Waals surface area contributed by atoms with E-state index in [4.69, 9.17) is 26.8 Å². The number of benzene rings is 1. The standard InChI is InChI=1S/C11H14ClNO3/c1-2-15-11(14)7-16-10-4-3-9(12)5-8(10)6-13/h3-5H,2,6-7,13H2,1H3. The molecule has 1 aromatic carbocycles. The Labute approximate surface area is 99.3 Å². The number of rotatable bonds is 5. The molecule has 0 saturated carbocycles. The molecular formula is C11H14ClNO3. The summed E-state index contributed by atoms with van der Waals surface area (Å²) in [5.41, 5.74) is 6.29. The first-order valence-corrected chi connectivity index (χ1v) is 5.32. The third kappa shape index (κ3) is 3.72. The Morgan fingerprint density at radius 1 is 1.50 bits per heavy atom. The van der Waals surface area contributed by atoms with Gasteiger partial charge in [0, 0.05) is 17.1 Å². The third-order valence-electron chi connectivity index (χ3n) is 1.89. The van der Waals surface area contributed by atoms with Crippen molar-refractivity contribution in [1.29, 1.82) is 0 Å². The van der Waals surface area contributed by atoms with Crippen molar-refractivity contribution in [2.75, 3.05) is 13.2 Å². The van der Waals surface area contributed by atoms with E-state index >= 15 is 0 Å². The van der Waals surface area contributed by atoms with Crippen molar-refractivity contribution in [3.8, 4) is 5.75 Å². The van der Waals surface area contributed by atoms with Crippen LogP contribution in [0.5, 0.6) is 5.75 Å². The Morgan fingerprint density at radius 3 is 2.88 bits per heavy atom. The maximum atomic E-state index is 11.1. The molecule has 0 saturated heterocycles. The molecule has 5 heteroatoms. The quantitative estimate of drug-likeness (QED) is 0.801. The zero-order chi connectivity index (χ0) is 12.0. The Morgan fingerprint density at radius 2 is 2.25 bits per heavy atom. The number of esters is 1. The molecule has 0 spiro atoms. The fourth-order valence-electron chi connectivity index (χ4n) is 1.19. The van der Waals surface area contributed by atoms with Gasteiger partial charge in [0.05, 0.1) is 6.61 Å². The number of halogens is 1. The summed E-state index contributed by atoms with van der Waals surface area (Å²) < 4.78 is 10.0. The van der Waals surface area contributed by atoms with E-state index in [-0.39, 0.29) is 6.61 Å². The minimum atomic E-state index is -0.402. The van der Waals surface area contributed by atoms with Crippen molar-refractivity contribution in [2.45, 2.75) is 13.5 Å². The van der Waals surface area contributed by atoms with Gasteiger partial charge in [0.15, 0.2) is 6.61 Å². The van der Waals surface area contributed by atoms with Gasteiger partial charge in [0.1, 0.15) is 5.75 Å². The van der Waals surface area contributed by atoms with Crippen molar-refractivity contribution in [2.24, 2.45) is 5.73 Å². The summed E-state index contributed by atoms with van der Waals surface area (Å²) in [6, 6.07) is 5.08. The summed E-state index contributed by atoms with van der Waals surface area (Å²) in [4.78, 5) is 11.1. The van der Waals surface area contributed by atoms with Gasteiger partial charge in [-0.05, 0) is 25.1 Å². The maximum absolute atomic E-state index is 11.1. The minimum Gasteiger partial charge on any atom is -0.482 e. The van der Waals surface area contributed by atoms with Gasteiger partial charge >= 0.3 is 5.97 Å². The average molecular weight is 244 g/mol. The van der Waals surface area contributed by atoms with Gasteiger partial charge in [-0.1, -0.05) is 11.6 Å². The van der Waals surface area contributed by atoms with E-state index in [0.717, 1.165) is 5.56 Å². The van der Waals surface area contributed by atoms with Gasteiger partial charge in [-0.25, -0.2) is 4.79 Å². The zero-order valence-electron chi connectivity index (χ0n) is 9.03. The van der Waals surface area contributed by atoms with E-state index in [0.29, 0.717) is 23.9 Å². The van der Waals surface area contributed by atoms with Crippen LogP contribution in [0.2, 0.25) is 5.02 Å². The van der Waals surface area contributed by atoms with E-state index in [1.807, 2.05) is 0 Å². The highest BCUT2D eigenvalue weighted by atomic mass is 35.5. The number of ether oxygens (including phenoxy) is 2.